The fraction of sp³-hybridized carbons (Fsp3) is 0.909. The summed E-state index contributed by atoms with van der Waals surface area (Å²) in [6.07, 6.45) is -0.101. The van der Waals surface area contributed by atoms with Crippen molar-refractivity contribution in [1.29, 1.82) is 0 Å². The topological polar surface area (TPSA) is 50.8 Å². The molecule has 2 fully saturated rings. The van der Waals surface area contributed by atoms with Gasteiger partial charge in [-0.2, -0.15) is 0 Å². The fourth-order valence-electron chi connectivity index (χ4n) is 2.14. The van der Waals surface area contributed by atoms with Crippen LogP contribution in [0.3, 0.4) is 0 Å². The number of morpholine rings is 1. The van der Waals surface area contributed by atoms with E-state index in [0.717, 1.165) is 13.1 Å². The highest BCUT2D eigenvalue weighted by Gasteiger charge is 2.39. The summed E-state index contributed by atoms with van der Waals surface area (Å²) in [7, 11) is 0. The van der Waals surface area contributed by atoms with Crippen LogP contribution in [0.25, 0.3) is 0 Å². The van der Waals surface area contributed by atoms with E-state index in [0.29, 0.717) is 13.2 Å². The lowest BCUT2D eigenvalue weighted by Crippen LogP contribution is -2.54. The maximum Gasteiger partial charge on any atom is 0.410 e. The third kappa shape index (κ3) is 2.47. The second kappa shape index (κ2) is 4.22. The molecule has 2 heterocycles. The zero-order valence-corrected chi connectivity index (χ0v) is 10.2. The first kappa shape index (κ1) is 11.7. The highest BCUT2D eigenvalue weighted by Crippen LogP contribution is 2.20. The summed E-state index contributed by atoms with van der Waals surface area (Å²) in [6, 6.07) is 0.128. The van der Waals surface area contributed by atoms with Crippen molar-refractivity contribution in [2.75, 3.05) is 26.2 Å². The second-order valence-corrected chi connectivity index (χ2v) is 5.31. The van der Waals surface area contributed by atoms with E-state index in [2.05, 4.69) is 5.32 Å². The number of amides is 1. The smallest absolute Gasteiger partial charge is 0.410 e. The van der Waals surface area contributed by atoms with Crippen molar-refractivity contribution >= 4 is 6.09 Å². The predicted octanol–water partition coefficient (Wildman–Crippen LogP) is 0.594. The van der Waals surface area contributed by atoms with Crippen LogP contribution in [0.5, 0.6) is 0 Å². The van der Waals surface area contributed by atoms with Crippen LogP contribution in [0, 0.1) is 0 Å². The van der Waals surface area contributed by atoms with Gasteiger partial charge < -0.3 is 14.8 Å². The molecule has 0 aromatic rings. The van der Waals surface area contributed by atoms with E-state index in [1.165, 1.54) is 0 Å². The zero-order chi connectivity index (χ0) is 11.8. The maximum atomic E-state index is 12.0. The van der Waals surface area contributed by atoms with Crippen molar-refractivity contribution in [3.8, 4) is 0 Å². The molecular formula is C11H20N2O3. The normalized spacial score (nSPS) is 30.1. The molecule has 2 aliphatic heterocycles. The molecular weight excluding hydrogens is 208 g/mol. The average molecular weight is 228 g/mol. The molecule has 0 aromatic heterocycles. The standard InChI is InChI=1S/C11H20N2O3/c1-11(2,3)16-10(14)13-4-5-15-9-7-12-6-8(9)13/h8-9,12H,4-7H2,1-3H3/t8-,9-/m0/s1. The van der Waals surface area contributed by atoms with E-state index in [1.807, 2.05) is 20.8 Å². The van der Waals surface area contributed by atoms with Crippen LogP contribution in [0.1, 0.15) is 20.8 Å². The Morgan fingerprint density at radius 1 is 1.44 bits per heavy atom. The molecule has 2 saturated heterocycles. The minimum atomic E-state index is -0.434. The SMILES string of the molecule is CC(C)(C)OC(=O)N1CCO[C@H]2CNC[C@@H]21. The largest absolute Gasteiger partial charge is 0.444 e. The summed E-state index contributed by atoms with van der Waals surface area (Å²) >= 11 is 0. The molecule has 2 rings (SSSR count). The van der Waals surface area contributed by atoms with Gasteiger partial charge in [0.05, 0.1) is 18.8 Å². The third-order valence-electron chi connectivity index (χ3n) is 2.82. The van der Waals surface area contributed by atoms with Crippen LogP contribution >= 0.6 is 0 Å². The first-order chi connectivity index (χ1) is 7.47. The molecule has 2 aliphatic rings. The van der Waals surface area contributed by atoms with Gasteiger partial charge in [0.15, 0.2) is 0 Å². The van der Waals surface area contributed by atoms with Gasteiger partial charge in [0.2, 0.25) is 0 Å². The van der Waals surface area contributed by atoms with Crippen molar-refractivity contribution in [1.82, 2.24) is 10.2 Å². The second-order valence-electron chi connectivity index (χ2n) is 5.31. The molecule has 1 amide bonds. The number of fused-ring (bicyclic) bond motifs is 1. The Hall–Kier alpha value is -0.810. The van der Waals surface area contributed by atoms with E-state index >= 15 is 0 Å². The van der Waals surface area contributed by atoms with Crippen LogP contribution in [0.15, 0.2) is 0 Å². The molecule has 5 heteroatoms. The van der Waals surface area contributed by atoms with Crippen LogP contribution in [-0.2, 0) is 9.47 Å². The van der Waals surface area contributed by atoms with Gasteiger partial charge in [0.1, 0.15) is 5.60 Å². The molecule has 0 radical (unpaired) electrons. The van der Waals surface area contributed by atoms with Crippen LogP contribution in [0.2, 0.25) is 0 Å². The summed E-state index contributed by atoms with van der Waals surface area (Å²) in [4.78, 5) is 13.8. The van der Waals surface area contributed by atoms with Gasteiger partial charge in [0, 0.05) is 19.6 Å². The van der Waals surface area contributed by atoms with Crippen molar-refractivity contribution in [3.05, 3.63) is 0 Å². The number of nitrogens with one attached hydrogen (secondary N) is 1. The minimum Gasteiger partial charge on any atom is -0.444 e. The van der Waals surface area contributed by atoms with E-state index in [-0.39, 0.29) is 18.2 Å². The molecule has 0 aromatic carbocycles. The fourth-order valence-corrected chi connectivity index (χ4v) is 2.14. The molecule has 0 spiro atoms. The minimum absolute atomic E-state index is 0.126. The van der Waals surface area contributed by atoms with Gasteiger partial charge in [-0.25, -0.2) is 4.79 Å². The van der Waals surface area contributed by atoms with Crippen LogP contribution in [-0.4, -0.2) is 55.0 Å². The van der Waals surface area contributed by atoms with Gasteiger partial charge >= 0.3 is 6.09 Å². The van der Waals surface area contributed by atoms with Crippen LogP contribution < -0.4 is 5.32 Å². The van der Waals surface area contributed by atoms with Gasteiger partial charge in [-0.05, 0) is 20.8 Å². The summed E-state index contributed by atoms with van der Waals surface area (Å²) in [6.45, 7) is 8.49. The molecule has 0 aliphatic carbocycles. The number of rotatable bonds is 0. The summed E-state index contributed by atoms with van der Waals surface area (Å²) in [5, 5.41) is 3.24. The lowest BCUT2D eigenvalue weighted by atomic mass is 10.1. The van der Waals surface area contributed by atoms with E-state index < -0.39 is 5.60 Å². The van der Waals surface area contributed by atoms with Crippen molar-refractivity contribution in [2.45, 2.75) is 38.5 Å². The van der Waals surface area contributed by atoms with Crippen molar-refractivity contribution in [3.63, 3.8) is 0 Å². The molecule has 5 nitrogen and oxygen atoms in total. The number of carbonyl (C=O) groups excluding carboxylic acids is 1. The van der Waals surface area contributed by atoms with Gasteiger partial charge in [-0.1, -0.05) is 0 Å². The summed E-state index contributed by atoms with van der Waals surface area (Å²) in [5.41, 5.74) is -0.434. The number of carbonyl (C=O) groups is 1. The van der Waals surface area contributed by atoms with Gasteiger partial charge in [-0.3, -0.25) is 4.90 Å². The number of ether oxygens (including phenoxy) is 2. The average Bonchev–Trinajstić information content (AvgIpc) is 2.61. The van der Waals surface area contributed by atoms with Crippen molar-refractivity contribution < 1.29 is 14.3 Å². The highest BCUT2D eigenvalue weighted by molar-refractivity contribution is 5.69. The Morgan fingerprint density at radius 2 is 2.19 bits per heavy atom. The molecule has 2 atom stereocenters. The van der Waals surface area contributed by atoms with Gasteiger partial charge in [0.25, 0.3) is 0 Å². The summed E-state index contributed by atoms with van der Waals surface area (Å²) in [5.74, 6) is 0. The van der Waals surface area contributed by atoms with Gasteiger partial charge in [-0.15, -0.1) is 0 Å². The third-order valence-corrected chi connectivity index (χ3v) is 2.82. The Labute approximate surface area is 96.1 Å². The molecule has 0 bridgehead atoms. The van der Waals surface area contributed by atoms with Crippen molar-refractivity contribution in [2.24, 2.45) is 0 Å². The lowest BCUT2D eigenvalue weighted by Gasteiger charge is -2.37. The lowest BCUT2D eigenvalue weighted by molar-refractivity contribution is -0.0567. The number of hydrogen-bond acceptors (Lipinski definition) is 4. The Bertz CT molecular complexity index is 275. The molecule has 92 valence electrons. The first-order valence-corrected chi connectivity index (χ1v) is 5.79. The van der Waals surface area contributed by atoms with E-state index in [4.69, 9.17) is 9.47 Å². The summed E-state index contributed by atoms with van der Waals surface area (Å²) < 4.78 is 11.0. The van der Waals surface area contributed by atoms with E-state index in [1.54, 1.807) is 4.90 Å². The Kier molecular flexibility index (Phi) is 3.08. The monoisotopic (exact) mass is 228 g/mol. The molecule has 0 saturated carbocycles. The zero-order valence-electron chi connectivity index (χ0n) is 10.2. The van der Waals surface area contributed by atoms with Crippen LogP contribution in [0.4, 0.5) is 4.79 Å². The quantitative estimate of drug-likeness (QED) is 0.659. The Balaban J connectivity index is 2.00. The predicted molar refractivity (Wildman–Crippen MR) is 59.3 cm³/mol. The maximum absolute atomic E-state index is 12.0. The number of hydrogen-bond donors (Lipinski definition) is 1. The first-order valence-electron chi connectivity index (χ1n) is 5.79. The molecule has 0 unspecified atom stereocenters. The van der Waals surface area contributed by atoms with E-state index in [9.17, 15) is 4.79 Å². The number of nitrogens with zero attached hydrogens (tertiary/aromatic N) is 1. The molecule has 1 N–H and O–H groups in total. The Morgan fingerprint density at radius 3 is 2.88 bits per heavy atom. The molecule has 16 heavy (non-hydrogen) atoms. The highest BCUT2D eigenvalue weighted by atomic mass is 16.6.